The van der Waals surface area contributed by atoms with Gasteiger partial charge in [-0.25, -0.2) is 4.39 Å². The highest BCUT2D eigenvalue weighted by atomic mass is 19.1. The Morgan fingerprint density at radius 2 is 1.81 bits per heavy atom. The molecule has 1 heterocycles. The van der Waals surface area contributed by atoms with Crippen LogP contribution in [0, 0.1) is 18.7 Å². The minimum Gasteiger partial charge on any atom is -0.496 e. The molecule has 1 atom stereocenters. The number of aryl methyl sites for hydroxylation is 1. The fourth-order valence-corrected chi connectivity index (χ4v) is 4.18. The van der Waals surface area contributed by atoms with Crippen molar-refractivity contribution < 1.29 is 9.13 Å². The minimum atomic E-state index is -0.157. The highest BCUT2D eigenvalue weighted by Crippen LogP contribution is 2.38. The molecule has 0 N–H and O–H groups in total. The van der Waals surface area contributed by atoms with Gasteiger partial charge in [-0.15, -0.1) is 0 Å². The summed E-state index contributed by atoms with van der Waals surface area (Å²) in [6.07, 6.45) is 3.44. The van der Waals surface area contributed by atoms with Crippen molar-refractivity contribution in [1.29, 1.82) is 0 Å². The zero-order valence-electron chi connectivity index (χ0n) is 16.2. The molecular weight excluding hydrogens is 325 g/mol. The molecule has 1 saturated heterocycles. The summed E-state index contributed by atoms with van der Waals surface area (Å²) in [7, 11) is 1.77. The average molecular weight is 355 g/mol. The highest BCUT2D eigenvalue weighted by molar-refractivity contribution is 5.43. The van der Waals surface area contributed by atoms with Crippen LogP contribution in [-0.2, 0) is 6.42 Å². The lowest BCUT2D eigenvalue weighted by Gasteiger charge is -2.35. The lowest BCUT2D eigenvalue weighted by molar-refractivity contribution is 0.172. The summed E-state index contributed by atoms with van der Waals surface area (Å²) < 4.78 is 18.7. The van der Waals surface area contributed by atoms with Gasteiger partial charge in [0.15, 0.2) is 0 Å². The third-order valence-electron chi connectivity index (χ3n) is 5.91. The lowest BCUT2D eigenvalue weighted by Crippen LogP contribution is -2.36. The zero-order chi connectivity index (χ0) is 18.5. The second-order valence-electron chi connectivity index (χ2n) is 7.54. The van der Waals surface area contributed by atoms with Gasteiger partial charge < -0.3 is 9.64 Å². The summed E-state index contributed by atoms with van der Waals surface area (Å²) in [5.74, 6) is 2.12. The first-order valence-electron chi connectivity index (χ1n) is 9.68. The molecule has 140 valence electrons. The smallest absolute Gasteiger partial charge is 0.125 e. The Morgan fingerprint density at radius 3 is 2.46 bits per heavy atom. The molecule has 0 bridgehead atoms. The standard InChI is InChI=1S/C23H30FNO/c1-17-5-4-6-22(23(17)26-3)18(2)20-12-15-25(16-13-20)14-11-19-7-9-21(24)10-8-19/h4-10,18,20H,11-16H2,1-3H3. The summed E-state index contributed by atoms with van der Waals surface area (Å²) in [4.78, 5) is 2.54. The van der Waals surface area contributed by atoms with Crippen molar-refractivity contribution in [3.8, 4) is 5.75 Å². The van der Waals surface area contributed by atoms with Gasteiger partial charge in [0.05, 0.1) is 7.11 Å². The van der Waals surface area contributed by atoms with E-state index < -0.39 is 0 Å². The van der Waals surface area contributed by atoms with Crippen molar-refractivity contribution in [3.05, 3.63) is 65.0 Å². The Balaban J connectivity index is 1.53. The third-order valence-corrected chi connectivity index (χ3v) is 5.91. The maximum absolute atomic E-state index is 13.0. The topological polar surface area (TPSA) is 12.5 Å². The van der Waals surface area contributed by atoms with Crippen LogP contribution in [0.1, 0.15) is 42.4 Å². The van der Waals surface area contributed by atoms with E-state index >= 15 is 0 Å². The molecule has 1 unspecified atom stereocenters. The molecular formula is C23H30FNO. The first kappa shape index (κ1) is 18.9. The van der Waals surface area contributed by atoms with Gasteiger partial charge in [-0.3, -0.25) is 0 Å². The van der Waals surface area contributed by atoms with Gasteiger partial charge in [-0.1, -0.05) is 37.3 Å². The van der Waals surface area contributed by atoms with Crippen LogP contribution < -0.4 is 4.74 Å². The van der Waals surface area contributed by atoms with Gasteiger partial charge >= 0.3 is 0 Å². The number of para-hydroxylation sites is 1. The quantitative estimate of drug-likeness (QED) is 0.706. The Bertz CT molecular complexity index is 705. The molecule has 2 nitrogen and oxygen atoms in total. The summed E-state index contributed by atoms with van der Waals surface area (Å²) in [5.41, 5.74) is 3.78. The van der Waals surface area contributed by atoms with E-state index in [4.69, 9.17) is 4.74 Å². The Morgan fingerprint density at radius 1 is 1.12 bits per heavy atom. The number of benzene rings is 2. The second kappa shape index (κ2) is 8.68. The molecule has 0 amide bonds. The van der Waals surface area contributed by atoms with Crippen LogP contribution >= 0.6 is 0 Å². The monoisotopic (exact) mass is 355 g/mol. The van der Waals surface area contributed by atoms with Crippen molar-refractivity contribution in [1.82, 2.24) is 4.90 Å². The van der Waals surface area contributed by atoms with Crippen molar-refractivity contribution in [2.24, 2.45) is 5.92 Å². The molecule has 3 heteroatoms. The fourth-order valence-electron chi connectivity index (χ4n) is 4.18. The molecule has 3 rings (SSSR count). The fraction of sp³-hybridized carbons (Fsp3) is 0.478. The highest BCUT2D eigenvalue weighted by Gasteiger charge is 2.26. The van der Waals surface area contributed by atoms with E-state index in [-0.39, 0.29) is 5.82 Å². The molecule has 2 aromatic carbocycles. The van der Waals surface area contributed by atoms with E-state index in [1.165, 1.54) is 29.5 Å². The van der Waals surface area contributed by atoms with E-state index in [0.29, 0.717) is 11.8 Å². The van der Waals surface area contributed by atoms with Crippen LogP contribution in [0.4, 0.5) is 4.39 Å². The summed E-state index contributed by atoms with van der Waals surface area (Å²) in [6, 6.07) is 13.4. The Labute approximate surface area is 157 Å². The van der Waals surface area contributed by atoms with Crippen LogP contribution in [0.2, 0.25) is 0 Å². The van der Waals surface area contributed by atoms with E-state index in [1.807, 2.05) is 12.1 Å². The molecule has 0 saturated carbocycles. The number of nitrogens with zero attached hydrogens (tertiary/aromatic N) is 1. The summed E-state index contributed by atoms with van der Waals surface area (Å²) >= 11 is 0. The van der Waals surface area contributed by atoms with Crippen LogP contribution in [0.15, 0.2) is 42.5 Å². The van der Waals surface area contributed by atoms with Crippen molar-refractivity contribution in [2.75, 3.05) is 26.7 Å². The molecule has 1 aliphatic heterocycles. The van der Waals surface area contributed by atoms with E-state index in [2.05, 4.69) is 36.9 Å². The van der Waals surface area contributed by atoms with E-state index in [9.17, 15) is 4.39 Å². The first-order valence-corrected chi connectivity index (χ1v) is 9.68. The summed E-state index contributed by atoms with van der Waals surface area (Å²) in [5, 5.41) is 0. The molecule has 0 radical (unpaired) electrons. The molecule has 0 aromatic heterocycles. The maximum atomic E-state index is 13.0. The minimum absolute atomic E-state index is 0.157. The Kier molecular flexibility index (Phi) is 6.31. The number of halogens is 1. The summed E-state index contributed by atoms with van der Waals surface area (Å²) in [6.45, 7) is 7.80. The number of hydrogen-bond acceptors (Lipinski definition) is 2. The number of ether oxygens (including phenoxy) is 1. The number of rotatable bonds is 6. The number of likely N-dealkylation sites (tertiary alicyclic amines) is 1. The lowest BCUT2D eigenvalue weighted by atomic mass is 9.80. The van der Waals surface area contributed by atoms with Crippen LogP contribution in [0.25, 0.3) is 0 Å². The predicted molar refractivity (Wildman–Crippen MR) is 105 cm³/mol. The first-order chi connectivity index (χ1) is 12.6. The van der Waals surface area contributed by atoms with Crippen LogP contribution in [0.5, 0.6) is 5.75 Å². The van der Waals surface area contributed by atoms with Gasteiger partial charge in [0.1, 0.15) is 11.6 Å². The van der Waals surface area contributed by atoms with Gasteiger partial charge in [0.2, 0.25) is 0 Å². The number of methoxy groups -OCH3 is 1. The SMILES string of the molecule is COc1c(C)cccc1C(C)C1CCN(CCc2ccc(F)cc2)CC1. The molecule has 0 spiro atoms. The number of piperidine rings is 1. The largest absolute Gasteiger partial charge is 0.496 e. The number of hydrogen-bond donors (Lipinski definition) is 0. The molecule has 1 fully saturated rings. The molecule has 1 aliphatic rings. The average Bonchev–Trinajstić information content (AvgIpc) is 2.67. The maximum Gasteiger partial charge on any atom is 0.125 e. The van der Waals surface area contributed by atoms with Gasteiger partial charge in [-0.05, 0) is 79.9 Å². The third kappa shape index (κ3) is 4.45. The van der Waals surface area contributed by atoms with E-state index in [1.54, 1.807) is 19.2 Å². The molecule has 0 aliphatic carbocycles. The zero-order valence-corrected chi connectivity index (χ0v) is 16.2. The van der Waals surface area contributed by atoms with E-state index in [0.717, 1.165) is 31.8 Å². The van der Waals surface area contributed by atoms with Gasteiger partial charge in [0.25, 0.3) is 0 Å². The van der Waals surface area contributed by atoms with Crippen molar-refractivity contribution in [3.63, 3.8) is 0 Å². The molecule has 26 heavy (non-hydrogen) atoms. The Hall–Kier alpha value is -1.87. The van der Waals surface area contributed by atoms with Crippen LogP contribution in [-0.4, -0.2) is 31.6 Å². The second-order valence-corrected chi connectivity index (χ2v) is 7.54. The predicted octanol–water partition coefficient (Wildman–Crippen LogP) is 5.20. The van der Waals surface area contributed by atoms with Gasteiger partial charge in [-0.2, -0.15) is 0 Å². The van der Waals surface area contributed by atoms with Crippen molar-refractivity contribution in [2.45, 2.75) is 39.0 Å². The van der Waals surface area contributed by atoms with Crippen molar-refractivity contribution >= 4 is 0 Å². The normalized spacial score (nSPS) is 17.2. The van der Waals surface area contributed by atoms with Crippen LogP contribution in [0.3, 0.4) is 0 Å². The molecule has 2 aromatic rings. The van der Waals surface area contributed by atoms with Gasteiger partial charge in [0, 0.05) is 6.54 Å².